The molecule has 0 N–H and O–H groups in total. The van der Waals surface area contributed by atoms with Gasteiger partial charge in [0.05, 0.1) is 0 Å². The summed E-state index contributed by atoms with van der Waals surface area (Å²) in [4.78, 5) is 9.76. The van der Waals surface area contributed by atoms with Crippen LogP contribution in [0.15, 0.2) is 23.7 Å². The molecule has 0 amide bonds. The van der Waals surface area contributed by atoms with Crippen LogP contribution in [0.25, 0.3) is 10.1 Å². The van der Waals surface area contributed by atoms with Crippen LogP contribution in [0.2, 0.25) is 0 Å². The normalized spacial score (nSPS) is 24.7. The van der Waals surface area contributed by atoms with E-state index in [0.717, 1.165) is 19.1 Å². The van der Waals surface area contributed by atoms with Crippen LogP contribution < -0.4 is 4.90 Å². The van der Waals surface area contributed by atoms with Gasteiger partial charge in [0, 0.05) is 42.0 Å². The molecule has 94 valence electrons. The molecule has 3 nitrogen and oxygen atoms in total. The fourth-order valence-corrected chi connectivity index (χ4v) is 4.09. The lowest BCUT2D eigenvalue weighted by Crippen LogP contribution is -2.50. The van der Waals surface area contributed by atoms with Gasteiger partial charge in [-0.2, -0.15) is 0 Å². The standard InChI is InChI=1S/C14H17N3S/c1-2-11-10-17(8-7-16(11)6-1)14-12-4-9-18-13(12)3-5-15-14/h3-5,9,11H,1-2,6-8,10H2. The van der Waals surface area contributed by atoms with Crippen LogP contribution in [0.1, 0.15) is 12.8 Å². The summed E-state index contributed by atoms with van der Waals surface area (Å²) in [5.74, 6) is 1.19. The van der Waals surface area contributed by atoms with Gasteiger partial charge in [-0.1, -0.05) is 0 Å². The maximum Gasteiger partial charge on any atom is 0.137 e. The van der Waals surface area contributed by atoms with E-state index in [-0.39, 0.29) is 0 Å². The van der Waals surface area contributed by atoms with Crippen molar-refractivity contribution in [3.63, 3.8) is 0 Å². The van der Waals surface area contributed by atoms with E-state index in [1.165, 1.54) is 41.8 Å². The molecule has 2 saturated heterocycles. The van der Waals surface area contributed by atoms with Gasteiger partial charge < -0.3 is 4.90 Å². The van der Waals surface area contributed by atoms with E-state index in [2.05, 4.69) is 32.3 Å². The number of thiophene rings is 1. The summed E-state index contributed by atoms with van der Waals surface area (Å²) in [5, 5.41) is 3.50. The Labute approximate surface area is 111 Å². The van der Waals surface area contributed by atoms with Crippen molar-refractivity contribution in [2.45, 2.75) is 18.9 Å². The highest BCUT2D eigenvalue weighted by molar-refractivity contribution is 7.17. The molecule has 2 fully saturated rings. The van der Waals surface area contributed by atoms with Gasteiger partial charge in [0.2, 0.25) is 0 Å². The third-order valence-corrected chi connectivity index (χ3v) is 5.13. The molecule has 0 aliphatic carbocycles. The van der Waals surface area contributed by atoms with Crippen molar-refractivity contribution in [3.8, 4) is 0 Å². The number of rotatable bonds is 1. The molecule has 0 saturated carbocycles. The summed E-state index contributed by atoms with van der Waals surface area (Å²) in [7, 11) is 0. The van der Waals surface area contributed by atoms with Crippen molar-refractivity contribution in [1.29, 1.82) is 0 Å². The summed E-state index contributed by atoms with van der Waals surface area (Å²) < 4.78 is 1.36. The second-order valence-electron chi connectivity index (χ2n) is 5.25. The lowest BCUT2D eigenvalue weighted by atomic mass is 10.1. The number of anilines is 1. The average molecular weight is 259 g/mol. The lowest BCUT2D eigenvalue weighted by Gasteiger charge is -2.38. The monoisotopic (exact) mass is 259 g/mol. The highest BCUT2D eigenvalue weighted by Gasteiger charge is 2.31. The van der Waals surface area contributed by atoms with Gasteiger partial charge in [-0.15, -0.1) is 11.3 Å². The molecule has 4 heterocycles. The van der Waals surface area contributed by atoms with Gasteiger partial charge in [-0.05, 0) is 36.9 Å². The van der Waals surface area contributed by atoms with Crippen LogP contribution in [0.3, 0.4) is 0 Å². The van der Waals surface area contributed by atoms with Gasteiger partial charge in [0.15, 0.2) is 0 Å². The van der Waals surface area contributed by atoms with E-state index in [1.54, 1.807) is 0 Å². The number of nitrogens with zero attached hydrogens (tertiary/aromatic N) is 3. The lowest BCUT2D eigenvalue weighted by molar-refractivity contribution is 0.230. The fourth-order valence-electron chi connectivity index (χ4n) is 3.32. The van der Waals surface area contributed by atoms with Gasteiger partial charge in [-0.25, -0.2) is 4.98 Å². The Kier molecular flexibility index (Phi) is 2.52. The molecule has 1 atom stereocenters. The Hall–Kier alpha value is -1.13. The van der Waals surface area contributed by atoms with E-state index in [9.17, 15) is 0 Å². The number of piperazine rings is 1. The molecule has 1 unspecified atom stereocenters. The topological polar surface area (TPSA) is 19.4 Å². The predicted octanol–water partition coefficient (Wildman–Crippen LogP) is 2.58. The van der Waals surface area contributed by atoms with Crippen molar-refractivity contribution < 1.29 is 0 Å². The molecule has 0 radical (unpaired) electrons. The molecule has 0 bridgehead atoms. The van der Waals surface area contributed by atoms with Crippen LogP contribution in [0.5, 0.6) is 0 Å². The Bertz CT molecular complexity index is 565. The van der Waals surface area contributed by atoms with Crippen LogP contribution in [-0.2, 0) is 0 Å². The van der Waals surface area contributed by atoms with Crippen LogP contribution in [-0.4, -0.2) is 42.1 Å². The van der Waals surface area contributed by atoms with Crippen LogP contribution in [0, 0.1) is 0 Å². The van der Waals surface area contributed by atoms with E-state index >= 15 is 0 Å². The van der Waals surface area contributed by atoms with Crippen molar-refractivity contribution >= 4 is 27.2 Å². The molecular weight excluding hydrogens is 242 g/mol. The van der Waals surface area contributed by atoms with Crippen molar-refractivity contribution in [3.05, 3.63) is 23.7 Å². The molecule has 4 rings (SSSR count). The Morgan fingerprint density at radius 3 is 3.22 bits per heavy atom. The maximum atomic E-state index is 4.63. The first-order valence-electron chi connectivity index (χ1n) is 6.73. The smallest absolute Gasteiger partial charge is 0.137 e. The third kappa shape index (κ3) is 1.63. The number of pyridine rings is 1. The maximum absolute atomic E-state index is 4.63. The third-order valence-electron chi connectivity index (χ3n) is 4.25. The summed E-state index contributed by atoms with van der Waals surface area (Å²) in [6, 6.07) is 5.09. The molecule has 2 aromatic rings. The first-order valence-corrected chi connectivity index (χ1v) is 7.61. The van der Waals surface area contributed by atoms with Gasteiger partial charge >= 0.3 is 0 Å². The quantitative estimate of drug-likeness (QED) is 0.784. The highest BCUT2D eigenvalue weighted by atomic mass is 32.1. The van der Waals surface area contributed by atoms with Crippen molar-refractivity contribution in [2.24, 2.45) is 0 Å². The molecule has 2 aliphatic rings. The van der Waals surface area contributed by atoms with Crippen molar-refractivity contribution in [2.75, 3.05) is 31.1 Å². The fraction of sp³-hybridized carbons (Fsp3) is 0.500. The van der Waals surface area contributed by atoms with Gasteiger partial charge in [0.25, 0.3) is 0 Å². The minimum absolute atomic E-state index is 0.759. The number of fused-ring (bicyclic) bond motifs is 2. The summed E-state index contributed by atoms with van der Waals surface area (Å²) >= 11 is 1.81. The van der Waals surface area contributed by atoms with Gasteiger partial charge in [0.1, 0.15) is 5.82 Å². The van der Waals surface area contributed by atoms with Gasteiger partial charge in [-0.3, -0.25) is 4.90 Å². The molecular formula is C14H17N3S. The number of hydrogen-bond acceptors (Lipinski definition) is 4. The Balaban J connectivity index is 1.68. The minimum Gasteiger partial charge on any atom is -0.353 e. The van der Waals surface area contributed by atoms with Crippen LogP contribution in [0.4, 0.5) is 5.82 Å². The Morgan fingerprint density at radius 1 is 1.22 bits per heavy atom. The van der Waals surface area contributed by atoms with Crippen LogP contribution >= 0.6 is 11.3 Å². The molecule has 4 heteroatoms. The van der Waals surface area contributed by atoms with E-state index < -0.39 is 0 Å². The number of aromatic nitrogens is 1. The SMILES string of the molecule is c1cc2sccc2c(N2CCN3CCCC3C2)n1. The molecule has 2 aliphatic heterocycles. The minimum atomic E-state index is 0.759. The molecule has 18 heavy (non-hydrogen) atoms. The zero-order chi connectivity index (χ0) is 11.9. The largest absolute Gasteiger partial charge is 0.353 e. The molecule has 0 spiro atoms. The summed E-state index contributed by atoms with van der Waals surface area (Å²) in [6.07, 6.45) is 4.68. The van der Waals surface area contributed by atoms with Crippen molar-refractivity contribution in [1.82, 2.24) is 9.88 Å². The molecule has 2 aromatic heterocycles. The zero-order valence-electron chi connectivity index (χ0n) is 10.4. The van der Waals surface area contributed by atoms with E-state index in [0.29, 0.717) is 0 Å². The highest BCUT2D eigenvalue weighted by Crippen LogP contribution is 2.31. The summed E-state index contributed by atoms with van der Waals surface area (Å²) in [6.45, 7) is 4.78. The summed E-state index contributed by atoms with van der Waals surface area (Å²) in [5.41, 5.74) is 0. The zero-order valence-corrected chi connectivity index (χ0v) is 11.2. The van der Waals surface area contributed by atoms with E-state index in [4.69, 9.17) is 0 Å². The second kappa shape index (κ2) is 4.21. The number of hydrogen-bond donors (Lipinski definition) is 0. The predicted molar refractivity (Wildman–Crippen MR) is 76.4 cm³/mol. The first kappa shape index (κ1) is 10.8. The molecule has 0 aromatic carbocycles. The Morgan fingerprint density at radius 2 is 2.22 bits per heavy atom. The first-order chi connectivity index (χ1) is 8.92. The second-order valence-corrected chi connectivity index (χ2v) is 6.19. The average Bonchev–Trinajstić information content (AvgIpc) is 3.05. The van der Waals surface area contributed by atoms with E-state index in [1.807, 2.05) is 17.5 Å².